The van der Waals surface area contributed by atoms with Crippen LogP contribution in [0, 0.1) is 0 Å². The van der Waals surface area contributed by atoms with E-state index in [1.807, 2.05) is 44.4 Å². The van der Waals surface area contributed by atoms with Gasteiger partial charge >= 0.3 is 23.9 Å². The summed E-state index contributed by atoms with van der Waals surface area (Å²) < 4.78 is 10.0. The molecule has 2 aromatic rings. The van der Waals surface area contributed by atoms with Gasteiger partial charge in [-0.25, -0.2) is 19.2 Å². The lowest BCUT2D eigenvalue weighted by molar-refractivity contribution is -0.159. The number of esters is 2. The number of carboxylic acid groups (broad SMARTS) is 2. The quantitative estimate of drug-likeness (QED) is 0.247. The van der Waals surface area contributed by atoms with Crippen LogP contribution in [0.1, 0.15) is 46.2 Å². The molecule has 0 spiro atoms. The summed E-state index contributed by atoms with van der Waals surface area (Å²) in [6.45, 7) is 4.41. The molecule has 0 saturated heterocycles. The average molecular weight is 532 g/mol. The molecule has 2 aromatic carbocycles. The van der Waals surface area contributed by atoms with Crippen molar-refractivity contribution in [2.24, 2.45) is 0 Å². The lowest BCUT2D eigenvalue weighted by atomic mass is 10.1. The zero-order chi connectivity index (χ0) is 28.7. The van der Waals surface area contributed by atoms with Crippen LogP contribution in [0.15, 0.2) is 48.5 Å². The minimum absolute atomic E-state index is 0.0650. The first-order valence-corrected chi connectivity index (χ1v) is 11.7. The van der Waals surface area contributed by atoms with Gasteiger partial charge in [-0.15, -0.1) is 0 Å². The molecule has 12 nitrogen and oxygen atoms in total. The fourth-order valence-electron chi connectivity index (χ4n) is 3.17. The Labute approximate surface area is 220 Å². The first-order valence-electron chi connectivity index (χ1n) is 11.7. The summed E-state index contributed by atoms with van der Waals surface area (Å²) in [7, 11) is 3.97. The Kier molecular flexibility index (Phi) is 13.7. The average Bonchev–Trinajstić information content (AvgIpc) is 2.87. The third-order valence-corrected chi connectivity index (χ3v) is 4.85. The van der Waals surface area contributed by atoms with Crippen LogP contribution < -0.4 is 10.6 Å². The van der Waals surface area contributed by atoms with Gasteiger partial charge in [0.2, 0.25) is 5.91 Å². The summed E-state index contributed by atoms with van der Waals surface area (Å²) in [5.41, 5.74) is 1.79. The van der Waals surface area contributed by atoms with Crippen molar-refractivity contribution >= 4 is 35.5 Å². The molecule has 0 aliphatic heterocycles. The predicted molar refractivity (Wildman–Crippen MR) is 138 cm³/mol. The van der Waals surface area contributed by atoms with E-state index in [2.05, 4.69) is 15.5 Å². The van der Waals surface area contributed by atoms with E-state index in [1.165, 1.54) is 18.2 Å². The Morgan fingerprint density at radius 2 is 1.34 bits per heavy atom. The van der Waals surface area contributed by atoms with E-state index in [0.29, 0.717) is 12.2 Å². The molecule has 12 heteroatoms. The Bertz CT molecular complexity index is 1060. The van der Waals surface area contributed by atoms with Gasteiger partial charge in [0.15, 0.2) is 0 Å². The molecule has 0 aromatic heterocycles. The molecule has 1 unspecified atom stereocenters. The molecular weight excluding hydrogens is 498 g/mol. The Hall–Kier alpha value is -4.29. The van der Waals surface area contributed by atoms with Crippen molar-refractivity contribution in [3.63, 3.8) is 0 Å². The molecule has 2 rings (SSSR count). The smallest absolute Gasteiger partial charge is 0.414 e. The van der Waals surface area contributed by atoms with E-state index in [0.717, 1.165) is 5.56 Å². The summed E-state index contributed by atoms with van der Waals surface area (Å²) in [6.07, 6.45) is 0. The van der Waals surface area contributed by atoms with Crippen molar-refractivity contribution in [3.05, 3.63) is 65.2 Å². The van der Waals surface area contributed by atoms with Crippen LogP contribution in [0.5, 0.6) is 0 Å². The summed E-state index contributed by atoms with van der Waals surface area (Å²) in [5, 5.41) is 20.7. The lowest BCUT2D eigenvalue weighted by Crippen LogP contribution is -2.35. The number of rotatable bonds is 11. The number of hydrogen-bond donors (Lipinski definition) is 4. The Morgan fingerprint density at radius 3 is 1.76 bits per heavy atom. The van der Waals surface area contributed by atoms with Crippen LogP contribution in [0.2, 0.25) is 0 Å². The number of ether oxygens (including phenoxy) is 2. The number of carboxylic acids is 2. The number of hydrogen-bond acceptors (Lipinski definition) is 9. The van der Waals surface area contributed by atoms with E-state index in [4.69, 9.17) is 29.3 Å². The molecule has 206 valence electrons. The van der Waals surface area contributed by atoms with Crippen LogP contribution >= 0.6 is 0 Å². The topological polar surface area (TPSA) is 172 Å². The van der Waals surface area contributed by atoms with E-state index in [1.54, 1.807) is 13.8 Å². The summed E-state index contributed by atoms with van der Waals surface area (Å²) in [5.74, 6) is -5.11. The van der Waals surface area contributed by atoms with Crippen molar-refractivity contribution in [3.8, 4) is 0 Å². The summed E-state index contributed by atoms with van der Waals surface area (Å²) >= 11 is 0. The maximum Gasteiger partial charge on any atom is 0.414 e. The molecule has 1 amide bonds. The van der Waals surface area contributed by atoms with Crippen LogP contribution in [0.3, 0.4) is 0 Å². The number of benzene rings is 2. The number of likely N-dealkylation sites (N-methyl/N-ethyl adjacent to an activating group) is 1. The third kappa shape index (κ3) is 11.2. The van der Waals surface area contributed by atoms with Gasteiger partial charge in [0.25, 0.3) is 0 Å². The van der Waals surface area contributed by atoms with Crippen LogP contribution in [0.25, 0.3) is 0 Å². The molecular formula is C26H33N3O9. The largest absolute Gasteiger partial charge is 0.473 e. The molecule has 1 atom stereocenters. The molecule has 0 aliphatic rings. The number of nitrogens with one attached hydrogen (secondary N) is 2. The molecule has 0 bridgehead atoms. The molecule has 0 aliphatic carbocycles. The number of carbonyl (C=O) groups excluding carboxylic acids is 3. The second kappa shape index (κ2) is 16.5. The van der Waals surface area contributed by atoms with E-state index < -0.39 is 23.9 Å². The second-order valence-electron chi connectivity index (χ2n) is 7.92. The van der Waals surface area contributed by atoms with Crippen LogP contribution in [-0.2, 0) is 23.9 Å². The van der Waals surface area contributed by atoms with Crippen molar-refractivity contribution in [1.82, 2.24) is 10.2 Å². The number of nitrogens with zero attached hydrogens (tertiary/aromatic N) is 1. The number of amides is 1. The third-order valence-electron chi connectivity index (χ3n) is 4.85. The zero-order valence-corrected chi connectivity index (χ0v) is 21.7. The Morgan fingerprint density at radius 1 is 0.842 bits per heavy atom. The van der Waals surface area contributed by atoms with Crippen molar-refractivity contribution in [1.29, 1.82) is 0 Å². The normalized spacial score (nSPS) is 11.0. The van der Waals surface area contributed by atoms with Gasteiger partial charge in [-0.3, -0.25) is 4.79 Å². The lowest BCUT2D eigenvalue weighted by Gasteiger charge is -2.25. The predicted octanol–water partition coefficient (Wildman–Crippen LogP) is 2.03. The maximum atomic E-state index is 12.5. The highest BCUT2D eigenvalue weighted by Crippen LogP contribution is 2.18. The fourth-order valence-corrected chi connectivity index (χ4v) is 3.17. The Balaban J connectivity index is 0.00000107. The van der Waals surface area contributed by atoms with Crippen LogP contribution in [0.4, 0.5) is 5.69 Å². The molecule has 38 heavy (non-hydrogen) atoms. The van der Waals surface area contributed by atoms with E-state index in [-0.39, 0.29) is 42.8 Å². The van der Waals surface area contributed by atoms with Gasteiger partial charge < -0.3 is 35.2 Å². The zero-order valence-electron chi connectivity index (χ0n) is 21.7. The van der Waals surface area contributed by atoms with Crippen molar-refractivity contribution in [2.75, 3.05) is 45.7 Å². The summed E-state index contributed by atoms with van der Waals surface area (Å²) in [4.78, 5) is 57.1. The van der Waals surface area contributed by atoms with Gasteiger partial charge in [0, 0.05) is 18.3 Å². The SMILES string of the molecule is CCOC(=O)c1cc(NC(=O)CNCC(c2ccccc2)N(C)C)cc(C(=O)OCC)c1.O=C(O)C(=O)O. The molecule has 0 fully saturated rings. The maximum absolute atomic E-state index is 12.5. The number of carbonyl (C=O) groups is 5. The van der Waals surface area contributed by atoms with Gasteiger partial charge in [-0.1, -0.05) is 30.3 Å². The van der Waals surface area contributed by atoms with Gasteiger partial charge in [-0.2, -0.15) is 0 Å². The highest BCUT2D eigenvalue weighted by molar-refractivity contribution is 6.27. The van der Waals surface area contributed by atoms with Gasteiger partial charge in [0.1, 0.15) is 0 Å². The minimum Gasteiger partial charge on any atom is -0.473 e. The molecule has 0 radical (unpaired) electrons. The summed E-state index contributed by atoms with van der Waals surface area (Å²) in [6, 6.07) is 14.5. The number of anilines is 1. The first kappa shape index (κ1) is 31.7. The van der Waals surface area contributed by atoms with Crippen molar-refractivity contribution < 1.29 is 43.7 Å². The molecule has 4 N–H and O–H groups in total. The van der Waals surface area contributed by atoms with Crippen molar-refractivity contribution in [2.45, 2.75) is 19.9 Å². The van der Waals surface area contributed by atoms with E-state index in [9.17, 15) is 14.4 Å². The van der Waals surface area contributed by atoms with Crippen LogP contribution in [-0.4, -0.2) is 85.3 Å². The molecule has 0 saturated carbocycles. The highest BCUT2D eigenvalue weighted by Gasteiger charge is 2.17. The monoisotopic (exact) mass is 531 g/mol. The highest BCUT2D eigenvalue weighted by atomic mass is 16.5. The second-order valence-corrected chi connectivity index (χ2v) is 7.92. The van der Waals surface area contributed by atoms with Gasteiger partial charge in [0.05, 0.1) is 30.9 Å². The first-order chi connectivity index (χ1) is 18.0. The fraction of sp³-hybridized carbons (Fsp3) is 0.346. The number of aliphatic carboxylic acids is 2. The van der Waals surface area contributed by atoms with Gasteiger partial charge in [-0.05, 0) is 51.7 Å². The molecule has 0 heterocycles. The van der Waals surface area contributed by atoms with E-state index >= 15 is 0 Å². The minimum atomic E-state index is -1.82. The standard InChI is InChI=1S/C24H31N3O5.C2H2O4/c1-5-31-23(29)18-12-19(24(30)32-6-2)14-20(13-18)26-22(28)16-25-15-21(27(3)4)17-10-8-7-9-11-17;3-1(4)2(5)6/h7-14,21,25H,5-6,15-16H2,1-4H3,(H,26,28);(H,3,4)(H,5,6).